The Balaban J connectivity index is 2.38. The van der Waals surface area contributed by atoms with Crippen molar-refractivity contribution in [3.05, 3.63) is 33.7 Å². The molecule has 0 radical (unpaired) electrons. The summed E-state index contributed by atoms with van der Waals surface area (Å²) in [4.78, 5) is 25.8. The van der Waals surface area contributed by atoms with Crippen molar-refractivity contribution in [1.82, 2.24) is 9.47 Å². The Morgan fingerprint density at radius 2 is 1.96 bits per heavy atom. The number of aromatic nitrogens is 1. The summed E-state index contributed by atoms with van der Waals surface area (Å²) in [6, 6.07) is -0.641. The van der Waals surface area contributed by atoms with Gasteiger partial charge in [0.1, 0.15) is 6.04 Å². The van der Waals surface area contributed by atoms with E-state index in [2.05, 4.69) is 6.92 Å². The number of hydrogen-bond donors (Lipinski definition) is 1. The van der Waals surface area contributed by atoms with E-state index in [1.54, 1.807) is 13.8 Å². The van der Waals surface area contributed by atoms with E-state index in [1.807, 2.05) is 4.90 Å². The molecule has 0 saturated carbocycles. The number of pyridine rings is 1. The maximum atomic E-state index is 13.3. The van der Waals surface area contributed by atoms with E-state index in [1.165, 1.54) is 0 Å². The number of hydrogen-bond acceptors (Lipinski definition) is 3. The van der Waals surface area contributed by atoms with Crippen molar-refractivity contribution in [2.24, 2.45) is 11.8 Å². The van der Waals surface area contributed by atoms with E-state index < -0.39 is 29.3 Å². The quantitative estimate of drug-likeness (QED) is 0.797. The summed E-state index contributed by atoms with van der Waals surface area (Å²) in [7, 11) is 0. The van der Waals surface area contributed by atoms with Gasteiger partial charge >= 0.3 is 12.1 Å². The Hall–Kier alpha value is -1.83. The molecule has 1 unspecified atom stereocenters. The van der Waals surface area contributed by atoms with E-state index in [4.69, 9.17) is 0 Å². The van der Waals surface area contributed by atoms with E-state index in [-0.39, 0.29) is 24.3 Å². The third kappa shape index (κ3) is 4.87. The molecule has 0 aromatic carbocycles. The summed E-state index contributed by atoms with van der Waals surface area (Å²) in [5.41, 5.74) is -1.95. The molecule has 5 nitrogen and oxygen atoms in total. The molecule has 1 aliphatic rings. The van der Waals surface area contributed by atoms with Crippen LogP contribution in [0.4, 0.5) is 13.2 Å². The average molecular weight is 374 g/mol. The van der Waals surface area contributed by atoms with Crippen molar-refractivity contribution in [2.75, 3.05) is 19.6 Å². The second-order valence-corrected chi connectivity index (χ2v) is 7.55. The van der Waals surface area contributed by atoms with Crippen molar-refractivity contribution in [2.45, 2.75) is 45.8 Å². The van der Waals surface area contributed by atoms with Crippen LogP contribution in [-0.2, 0) is 17.4 Å². The normalized spacial score (nSPS) is 17.3. The van der Waals surface area contributed by atoms with Gasteiger partial charge < -0.3 is 14.6 Å². The van der Waals surface area contributed by atoms with Crippen molar-refractivity contribution >= 4 is 5.97 Å². The minimum Gasteiger partial charge on any atom is -0.480 e. The van der Waals surface area contributed by atoms with Crippen LogP contribution >= 0.6 is 0 Å². The van der Waals surface area contributed by atoms with E-state index >= 15 is 0 Å². The van der Waals surface area contributed by atoms with Crippen LogP contribution in [0.2, 0.25) is 0 Å². The van der Waals surface area contributed by atoms with Gasteiger partial charge in [-0.25, -0.2) is 4.79 Å². The first-order valence-corrected chi connectivity index (χ1v) is 8.76. The molecule has 1 fully saturated rings. The van der Waals surface area contributed by atoms with Gasteiger partial charge in [0, 0.05) is 31.9 Å². The van der Waals surface area contributed by atoms with Crippen molar-refractivity contribution in [3.63, 3.8) is 0 Å². The third-order valence-corrected chi connectivity index (χ3v) is 4.62. The Labute approximate surface area is 150 Å². The Kier molecular flexibility index (Phi) is 6.16. The van der Waals surface area contributed by atoms with Gasteiger partial charge in [0.25, 0.3) is 5.56 Å². The maximum Gasteiger partial charge on any atom is 0.416 e. The smallest absolute Gasteiger partial charge is 0.416 e. The van der Waals surface area contributed by atoms with Crippen LogP contribution in [0.25, 0.3) is 0 Å². The molecular formula is C18H25F3N2O3. The highest BCUT2D eigenvalue weighted by Gasteiger charge is 2.35. The molecule has 0 amide bonds. The van der Waals surface area contributed by atoms with E-state index in [0.29, 0.717) is 18.5 Å². The molecule has 26 heavy (non-hydrogen) atoms. The summed E-state index contributed by atoms with van der Waals surface area (Å²) in [5.74, 6) is -0.701. The molecule has 2 rings (SSSR count). The second-order valence-electron chi connectivity index (χ2n) is 7.55. The van der Waals surface area contributed by atoms with Crippen LogP contribution in [0.5, 0.6) is 0 Å². The fourth-order valence-electron chi connectivity index (χ4n) is 3.37. The summed E-state index contributed by atoms with van der Waals surface area (Å²) in [5, 5.41) is 9.42. The van der Waals surface area contributed by atoms with Crippen LogP contribution in [0.3, 0.4) is 0 Å². The topological polar surface area (TPSA) is 62.5 Å². The minimum atomic E-state index is -4.65. The first-order valence-electron chi connectivity index (χ1n) is 8.76. The first kappa shape index (κ1) is 20.5. The molecule has 1 aromatic heterocycles. The molecule has 1 N–H and O–H groups in total. The van der Waals surface area contributed by atoms with Gasteiger partial charge in [0.2, 0.25) is 0 Å². The number of halogens is 3. The number of carboxylic acid groups (broad SMARTS) is 1. The minimum absolute atomic E-state index is 0.0173. The number of likely N-dealkylation sites (tertiary alicyclic amines) is 1. The van der Waals surface area contributed by atoms with Gasteiger partial charge in [-0.15, -0.1) is 0 Å². The molecule has 146 valence electrons. The SMILES string of the molecule is CC(C)CC(C(=O)O)n1cc(CCN2CC(C)C2)c(C(F)(F)F)cc1=O. The van der Waals surface area contributed by atoms with Crippen LogP contribution in [0.1, 0.15) is 44.4 Å². The number of carbonyl (C=O) groups is 1. The second kappa shape index (κ2) is 7.82. The highest BCUT2D eigenvalue weighted by Crippen LogP contribution is 2.32. The highest BCUT2D eigenvalue weighted by molar-refractivity contribution is 5.71. The first-order chi connectivity index (χ1) is 12.0. The largest absolute Gasteiger partial charge is 0.480 e. The monoisotopic (exact) mass is 374 g/mol. The average Bonchev–Trinajstić information content (AvgIpc) is 2.47. The van der Waals surface area contributed by atoms with Gasteiger partial charge in [-0.3, -0.25) is 4.79 Å². The fourth-order valence-corrected chi connectivity index (χ4v) is 3.37. The van der Waals surface area contributed by atoms with Gasteiger partial charge in [0.05, 0.1) is 5.56 Å². The van der Waals surface area contributed by atoms with Gasteiger partial charge in [0.15, 0.2) is 0 Å². The summed E-state index contributed by atoms with van der Waals surface area (Å²) in [6.45, 7) is 7.81. The third-order valence-electron chi connectivity index (χ3n) is 4.62. The molecule has 1 aromatic rings. The lowest BCUT2D eigenvalue weighted by molar-refractivity contribution is -0.141. The van der Waals surface area contributed by atoms with Crippen LogP contribution in [0, 0.1) is 11.8 Å². The maximum absolute atomic E-state index is 13.3. The van der Waals surface area contributed by atoms with Gasteiger partial charge in [-0.2, -0.15) is 13.2 Å². The summed E-state index contributed by atoms with van der Waals surface area (Å²) >= 11 is 0. The van der Waals surface area contributed by atoms with Gasteiger partial charge in [-0.05, 0) is 30.2 Å². The standard InChI is InChI=1S/C18H25F3N2O3/c1-11(2)6-15(17(25)26)23-10-13(4-5-22-8-12(3)9-22)14(7-16(23)24)18(19,20)21/h7,10-12,15H,4-6,8-9H2,1-3H3,(H,25,26). The molecule has 0 bridgehead atoms. The molecule has 1 atom stereocenters. The number of aliphatic carboxylic acids is 1. The lowest BCUT2D eigenvalue weighted by atomic mass is 9.99. The number of alkyl halides is 3. The van der Waals surface area contributed by atoms with Crippen LogP contribution in [0.15, 0.2) is 17.1 Å². The van der Waals surface area contributed by atoms with Crippen molar-refractivity contribution in [1.29, 1.82) is 0 Å². The fraction of sp³-hybridized carbons (Fsp3) is 0.667. The van der Waals surface area contributed by atoms with Crippen LogP contribution < -0.4 is 5.56 Å². The summed E-state index contributed by atoms with van der Waals surface area (Å²) < 4.78 is 40.9. The number of carboxylic acids is 1. The van der Waals surface area contributed by atoms with Crippen molar-refractivity contribution in [3.8, 4) is 0 Å². The zero-order valence-electron chi connectivity index (χ0n) is 15.2. The van der Waals surface area contributed by atoms with Crippen molar-refractivity contribution < 1.29 is 23.1 Å². The lowest BCUT2D eigenvalue weighted by Gasteiger charge is -2.37. The Morgan fingerprint density at radius 1 is 1.35 bits per heavy atom. The molecule has 1 aliphatic heterocycles. The molecule has 0 aliphatic carbocycles. The zero-order valence-corrected chi connectivity index (χ0v) is 15.2. The lowest BCUT2D eigenvalue weighted by Crippen LogP contribution is -2.46. The Morgan fingerprint density at radius 3 is 2.42 bits per heavy atom. The Bertz CT molecular complexity index is 707. The predicted molar refractivity (Wildman–Crippen MR) is 91.1 cm³/mol. The number of rotatable bonds is 7. The summed E-state index contributed by atoms with van der Waals surface area (Å²) in [6.07, 6.45) is -3.26. The molecule has 1 saturated heterocycles. The molecule has 2 heterocycles. The zero-order chi connectivity index (χ0) is 19.6. The van der Waals surface area contributed by atoms with Gasteiger partial charge in [-0.1, -0.05) is 20.8 Å². The number of nitrogens with zero attached hydrogens (tertiary/aromatic N) is 2. The van der Waals surface area contributed by atoms with Crippen LogP contribution in [-0.4, -0.2) is 40.2 Å². The predicted octanol–water partition coefficient (Wildman–Crippen LogP) is 3.03. The molecule has 0 spiro atoms. The molecular weight excluding hydrogens is 349 g/mol. The highest BCUT2D eigenvalue weighted by atomic mass is 19.4. The molecule has 8 heteroatoms. The van der Waals surface area contributed by atoms with E-state index in [9.17, 15) is 27.9 Å². The van der Waals surface area contributed by atoms with E-state index in [0.717, 1.165) is 23.9 Å².